The summed E-state index contributed by atoms with van der Waals surface area (Å²) in [7, 11) is 0.823. The molecule has 0 fully saturated rings. The first kappa shape index (κ1) is 22.3. The second-order valence-electron chi connectivity index (χ2n) is 6.44. The van der Waals surface area contributed by atoms with Gasteiger partial charge >= 0.3 is 17.8 Å². The van der Waals surface area contributed by atoms with Gasteiger partial charge in [-0.15, -0.1) is 0 Å². The lowest BCUT2D eigenvalue weighted by molar-refractivity contribution is -0.144. The van der Waals surface area contributed by atoms with Gasteiger partial charge in [-0.2, -0.15) is 13.2 Å². The predicted molar refractivity (Wildman–Crippen MR) is 104 cm³/mol. The molecule has 0 aliphatic heterocycles. The number of alkyl halides is 3. The van der Waals surface area contributed by atoms with Crippen molar-refractivity contribution in [2.45, 2.75) is 13.1 Å². The molecule has 31 heavy (non-hydrogen) atoms. The Kier molecular flexibility index (Phi) is 5.77. The molecule has 0 aliphatic carbocycles. The molecule has 1 aromatic heterocycles. The van der Waals surface area contributed by atoms with Crippen LogP contribution in [0.2, 0.25) is 5.02 Å². The molecule has 0 spiro atoms. The number of hydrogen-bond acceptors (Lipinski definition) is 4. The van der Waals surface area contributed by atoms with Crippen molar-refractivity contribution < 1.29 is 27.1 Å². The van der Waals surface area contributed by atoms with Crippen molar-refractivity contribution in [3.8, 4) is 22.6 Å². The van der Waals surface area contributed by atoms with Crippen LogP contribution >= 0.6 is 11.6 Å². The Morgan fingerprint density at radius 2 is 1.68 bits per heavy atom. The minimum absolute atomic E-state index is 0.0710. The zero-order valence-corrected chi connectivity index (χ0v) is 16.7. The molecule has 0 saturated heterocycles. The van der Waals surface area contributed by atoms with Crippen LogP contribution in [0.15, 0.2) is 52.1 Å². The van der Waals surface area contributed by atoms with E-state index in [1.54, 1.807) is 0 Å². The van der Waals surface area contributed by atoms with Gasteiger partial charge < -0.3 is 4.74 Å². The molecule has 0 aliphatic rings. The molecule has 0 bridgehead atoms. The van der Waals surface area contributed by atoms with Gasteiger partial charge in [0, 0.05) is 25.6 Å². The van der Waals surface area contributed by atoms with Crippen LogP contribution < -0.4 is 16.0 Å². The zero-order chi connectivity index (χ0) is 23.1. The van der Waals surface area contributed by atoms with E-state index in [1.165, 1.54) is 31.2 Å². The molecule has 1 heterocycles. The molecule has 3 rings (SSSR count). The highest BCUT2D eigenvalue weighted by atomic mass is 35.5. The van der Waals surface area contributed by atoms with Crippen molar-refractivity contribution in [3.05, 3.63) is 79.8 Å². The molecule has 3 aromatic rings. The largest absolute Gasteiger partial charge is 0.431 e. The van der Waals surface area contributed by atoms with Gasteiger partial charge in [0.05, 0.1) is 10.7 Å². The Morgan fingerprint density at radius 3 is 2.23 bits per heavy atom. The van der Waals surface area contributed by atoms with Gasteiger partial charge in [-0.05, 0) is 29.8 Å². The van der Waals surface area contributed by atoms with Gasteiger partial charge in [0.25, 0.3) is 5.56 Å². The van der Waals surface area contributed by atoms with Crippen LogP contribution in [0.4, 0.5) is 17.6 Å². The van der Waals surface area contributed by atoms with E-state index in [1.807, 2.05) is 0 Å². The fourth-order valence-corrected chi connectivity index (χ4v) is 3.18. The Bertz CT molecular complexity index is 1290. The normalized spacial score (nSPS) is 11.5. The molecule has 0 amide bonds. The van der Waals surface area contributed by atoms with E-state index in [0.717, 1.165) is 19.2 Å². The van der Waals surface area contributed by atoms with E-state index in [-0.39, 0.29) is 31.5 Å². The Balaban J connectivity index is 2.19. The minimum Gasteiger partial charge on any atom is -0.427 e. The summed E-state index contributed by atoms with van der Waals surface area (Å²) in [4.78, 5) is 35.8. The SMILES string of the molecule is CC(=O)Oc1ccc(-c2cc(-n3c(=O)cc(C(F)(F)F)n(C)c3=O)c(F)cc2Cl)cc1. The molecule has 0 atom stereocenters. The number of aromatic nitrogens is 2. The number of rotatable bonds is 3. The second-order valence-corrected chi connectivity index (χ2v) is 6.85. The van der Waals surface area contributed by atoms with E-state index in [4.69, 9.17) is 16.3 Å². The number of halogens is 5. The van der Waals surface area contributed by atoms with Crippen molar-refractivity contribution in [2.75, 3.05) is 0 Å². The molecule has 2 aromatic carbocycles. The van der Waals surface area contributed by atoms with Crippen LogP contribution in [0, 0.1) is 5.82 Å². The zero-order valence-electron chi connectivity index (χ0n) is 16.0. The molecule has 0 radical (unpaired) electrons. The van der Waals surface area contributed by atoms with Gasteiger partial charge in [-0.25, -0.2) is 13.8 Å². The van der Waals surface area contributed by atoms with Crippen LogP contribution in [0.25, 0.3) is 16.8 Å². The second kappa shape index (κ2) is 8.03. The van der Waals surface area contributed by atoms with E-state index in [9.17, 15) is 31.9 Å². The number of carbonyl (C=O) groups is 1. The number of ether oxygens (including phenoxy) is 1. The van der Waals surface area contributed by atoms with Gasteiger partial charge in [0.15, 0.2) is 0 Å². The molecule has 11 heteroatoms. The van der Waals surface area contributed by atoms with Crippen molar-refractivity contribution in [2.24, 2.45) is 7.05 Å². The maximum absolute atomic E-state index is 14.6. The highest BCUT2D eigenvalue weighted by Gasteiger charge is 2.35. The van der Waals surface area contributed by atoms with Crippen LogP contribution in [0.5, 0.6) is 5.75 Å². The lowest BCUT2D eigenvalue weighted by atomic mass is 10.0. The average Bonchev–Trinajstić information content (AvgIpc) is 2.66. The van der Waals surface area contributed by atoms with Crippen molar-refractivity contribution in [1.82, 2.24) is 9.13 Å². The first-order chi connectivity index (χ1) is 14.4. The predicted octanol–water partition coefficient (Wildman–Crippen LogP) is 3.94. The Hall–Kier alpha value is -3.40. The summed E-state index contributed by atoms with van der Waals surface area (Å²) in [6, 6.07) is 8.01. The molecule has 162 valence electrons. The molecular weight excluding hydrogens is 444 g/mol. The third-order valence-corrected chi connectivity index (χ3v) is 4.63. The average molecular weight is 457 g/mol. The van der Waals surface area contributed by atoms with E-state index < -0.39 is 40.6 Å². The first-order valence-corrected chi connectivity index (χ1v) is 8.96. The summed E-state index contributed by atoms with van der Waals surface area (Å²) in [5.41, 5.74) is -4.15. The Labute approximate surface area is 176 Å². The molecule has 0 saturated carbocycles. The first-order valence-electron chi connectivity index (χ1n) is 8.58. The van der Waals surface area contributed by atoms with Crippen LogP contribution in [0.3, 0.4) is 0 Å². The number of nitrogens with zero attached hydrogens (tertiary/aromatic N) is 2. The number of esters is 1. The summed E-state index contributed by atoms with van der Waals surface area (Å²) >= 11 is 6.10. The van der Waals surface area contributed by atoms with Gasteiger partial charge in [-0.3, -0.25) is 14.2 Å². The maximum Gasteiger partial charge on any atom is 0.431 e. The Morgan fingerprint density at radius 1 is 1.06 bits per heavy atom. The fraction of sp³-hybridized carbons (Fsp3) is 0.150. The topological polar surface area (TPSA) is 70.3 Å². The quantitative estimate of drug-likeness (QED) is 0.340. The minimum atomic E-state index is -4.94. The summed E-state index contributed by atoms with van der Waals surface area (Å²) < 4.78 is 59.1. The van der Waals surface area contributed by atoms with Gasteiger partial charge in [0.2, 0.25) is 0 Å². The maximum atomic E-state index is 14.6. The highest BCUT2D eigenvalue weighted by molar-refractivity contribution is 6.33. The lowest BCUT2D eigenvalue weighted by Crippen LogP contribution is -2.41. The van der Waals surface area contributed by atoms with Crippen LogP contribution in [0.1, 0.15) is 12.6 Å². The standard InChI is InChI=1S/C20H13ClF4N2O4/c1-10(28)31-12-5-3-11(4-6-12)13-7-16(15(22)8-14(13)21)27-18(29)9-17(20(23,24)25)26(2)19(27)30/h3-9H,1-2H3. The third-order valence-electron chi connectivity index (χ3n) is 4.31. The van der Waals surface area contributed by atoms with Crippen LogP contribution in [-0.4, -0.2) is 15.1 Å². The van der Waals surface area contributed by atoms with Crippen molar-refractivity contribution in [1.29, 1.82) is 0 Å². The summed E-state index contributed by atoms with van der Waals surface area (Å²) in [5.74, 6) is -1.38. The van der Waals surface area contributed by atoms with E-state index >= 15 is 0 Å². The number of hydrogen-bond donors (Lipinski definition) is 0. The van der Waals surface area contributed by atoms with Gasteiger partial charge in [-0.1, -0.05) is 23.7 Å². The van der Waals surface area contributed by atoms with Crippen molar-refractivity contribution in [3.63, 3.8) is 0 Å². The van der Waals surface area contributed by atoms with Crippen LogP contribution in [-0.2, 0) is 18.0 Å². The van der Waals surface area contributed by atoms with Crippen molar-refractivity contribution >= 4 is 17.6 Å². The summed E-state index contributed by atoms with van der Waals surface area (Å²) in [6.45, 7) is 1.22. The lowest BCUT2D eigenvalue weighted by Gasteiger charge is -2.15. The molecule has 0 N–H and O–H groups in total. The van der Waals surface area contributed by atoms with Gasteiger partial charge in [0.1, 0.15) is 17.3 Å². The monoisotopic (exact) mass is 456 g/mol. The van der Waals surface area contributed by atoms with E-state index in [2.05, 4.69) is 0 Å². The highest BCUT2D eigenvalue weighted by Crippen LogP contribution is 2.33. The number of carbonyl (C=O) groups excluding carboxylic acids is 1. The summed E-state index contributed by atoms with van der Waals surface area (Å²) in [6.07, 6.45) is -4.94. The molecular formula is C20H13ClF4N2O4. The smallest absolute Gasteiger partial charge is 0.427 e. The molecule has 0 unspecified atom stereocenters. The summed E-state index contributed by atoms with van der Waals surface area (Å²) in [5, 5.41) is -0.0710. The third kappa shape index (κ3) is 4.38. The number of benzene rings is 2. The fourth-order valence-electron chi connectivity index (χ4n) is 2.92. The van der Waals surface area contributed by atoms with E-state index in [0.29, 0.717) is 5.56 Å². The molecule has 6 nitrogen and oxygen atoms in total.